The number of rotatable bonds is 5. The monoisotopic (exact) mass is 260 g/mol. The molecule has 1 heterocycles. The SMILES string of the molecule is NCC(Cc1ccc2c(c1)CCO2)C(=O)NC1CC1. The Hall–Kier alpha value is -1.55. The zero-order valence-electron chi connectivity index (χ0n) is 11.0. The Morgan fingerprint density at radius 3 is 3.05 bits per heavy atom. The summed E-state index contributed by atoms with van der Waals surface area (Å²) in [5, 5.41) is 3.03. The molecule has 1 aromatic rings. The summed E-state index contributed by atoms with van der Waals surface area (Å²) in [6.45, 7) is 1.16. The minimum absolute atomic E-state index is 0.0988. The van der Waals surface area contributed by atoms with Crippen LogP contribution in [0.1, 0.15) is 24.0 Å². The van der Waals surface area contributed by atoms with Crippen LogP contribution in [-0.2, 0) is 17.6 Å². The lowest BCUT2D eigenvalue weighted by atomic mass is 9.96. The molecule has 4 heteroatoms. The first kappa shape index (κ1) is 12.5. The molecule has 1 saturated carbocycles. The van der Waals surface area contributed by atoms with Gasteiger partial charge < -0.3 is 15.8 Å². The Bertz CT molecular complexity index is 483. The highest BCUT2D eigenvalue weighted by molar-refractivity contribution is 5.79. The third-order valence-electron chi connectivity index (χ3n) is 3.82. The number of nitrogens with one attached hydrogen (secondary N) is 1. The summed E-state index contributed by atoms with van der Waals surface area (Å²) in [6, 6.07) is 6.59. The summed E-state index contributed by atoms with van der Waals surface area (Å²) in [6.07, 6.45) is 3.89. The molecule has 1 fully saturated rings. The van der Waals surface area contributed by atoms with E-state index >= 15 is 0 Å². The summed E-state index contributed by atoms with van der Waals surface area (Å²) < 4.78 is 5.49. The third kappa shape index (κ3) is 2.89. The van der Waals surface area contributed by atoms with E-state index in [0.717, 1.165) is 31.6 Å². The number of fused-ring (bicyclic) bond motifs is 1. The van der Waals surface area contributed by atoms with E-state index in [2.05, 4.69) is 11.4 Å². The van der Waals surface area contributed by atoms with Crippen LogP contribution in [0.3, 0.4) is 0 Å². The maximum atomic E-state index is 12.0. The average molecular weight is 260 g/mol. The Morgan fingerprint density at radius 1 is 1.47 bits per heavy atom. The van der Waals surface area contributed by atoms with E-state index in [4.69, 9.17) is 10.5 Å². The van der Waals surface area contributed by atoms with E-state index in [1.54, 1.807) is 0 Å². The molecule has 0 bridgehead atoms. The molecule has 1 aromatic carbocycles. The number of nitrogens with two attached hydrogens (primary N) is 1. The zero-order valence-corrected chi connectivity index (χ0v) is 11.0. The van der Waals surface area contributed by atoms with Crippen molar-refractivity contribution in [2.75, 3.05) is 13.2 Å². The highest BCUT2D eigenvalue weighted by atomic mass is 16.5. The van der Waals surface area contributed by atoms with Crippen LogP contribution in [0, 0.1) is 5.92 Å². The summed E-state index contributed by atoms with van der Waals surface area (Å²) in [5.74, 6) is 0.957. The highest BCUT2D eigenvalue weighted by Crippen LogP contribution is 2.27. The van der Waals surface area contributed by atoms with E-state index in [-0.39, 0.29) is 11.8 Å². The van der Waals surface area contributed by atoms with Gasteiger partial charge in [-0.25, -0.2) is 0 Å². The maximum absolute atomic E-state index is 12.0. The lowest BCUT2D eigenvalue weighted by Crippen LogP contribution is -2.37. The van der Waals surface area contributed by atoms with Crippen molar-refractivity contribution in [3.05, 3.63) is 29.3 Å². The van der Waals surface area contributed by atoms with Crippen LogP contribution >= 0.6 is 0 Å². The molecule has 3 rings (SSSR count). The minimum atomic E-state index is -0.124. The van der Waals surface area contributed by atoms with Gasteiger partial charge in [0.25, 0.3) is 0 Å². The van der Waals surface area contributed by atoms with E-state index in [0.29, 0.717) is 19.0 Å². The standard InChI is InChI=1S/C15H20N2O2/c16-9-12(15(18)17-13-2-3-13)8-10-1-4-14-11(7-10)5-6-19-14/h1,4,7,12-13H,2-3,5-6,8-9,16H2,(H,17,18). The van der Waals surface area contributed by atoms with Gasteiger partial charge in [0.05, 0.1) is 12.5 Å². The largest absolute Gasteiger partial charge is 0.493 e. The molecule has 19 heavy (non-hydrogen) atoms. The molecule has 1 atom stereocenters. The van der Waals surface area contributed by atoms with Gasteiger partial charge >= 0.3 is 0 Å². The number of benzene rings is 1. The Morgan fingerprint density at radius 2 is 2.32 bits per heavy atom. The number of carbonyl (C=O) groups excluding carboxylic acids is 1. The average Bonchev–Trinajstić information content (AvgIpc) is 3.10. The Kier molecular flexibility index (Phi) is 3.42. The third-order valence-corrected chi connectivity index (χ3v) is 3.82. The lowest BCUT2D eigenvalue weighted by Gasteiger charge is -2.15. The molecule has 0 radical (unpaired) electrons. The van der Waals surface area contributed by atoms with E-state index in [1.807, 2.05) is 12.1 Å². The predicted octanol–water partition coefficient (Wildman–Crippen LogP) is 1.02. The normalized spacial score (nSPS) is 18.6. The van der Waals surface area contributed by atoms with Gasteiger partial charge in [-0.3, -0.25) is 4.79 Å². The quantitative estimate of drug-likeness (QED) is 0.830. The molecular weight excluding hydrogens is 240 g/mol. The van der Waals surface area contributed by atoms with Gasteiger partial charge in [0.1, 0.15) is 5.75 Å². The summed E-state index contributed by atoms with van der Waals surface area (Å²) in [5.41, 5.74) is 8.16. The molecule has 4 nitrogen and oxygen atoms in total. The van der Waals surface area contributed by atoms with Crippen molar-refractivity contribution in [1.29, 1.82) is 0 Å². The van der Waals surface area contributed by atoms with Crippen molar-refractivity contribution in [2.24, 2.45) is 11.7 Å². The van der Waals surface area contributed by atoms with Crippen molar-refractivity contribution in [2.45, 2.75) is 31.7 Å². The zero-order chi connectivity index (χ0) is 13.2. The second-order valence-corrected chi connectivity index (χ2v) is 5.46. The van der Waals surface area contributed by atoms with Crippen molar-refractivity contribution < 1.29 is 9.53 Å². The second kappa shape index (κ2) is 5.21. The number of hydrogen-bond acceptors (Lipinski definition) is 3. The topological polar surface area (TPSA) is 64.3 Å². The summed E-state index contributed by atoms with van der Waals surface area (Å²) in [7, 11) is 0. The Labute approximate surface area is 113 Å². The van der Waals surface area contributed by atoms with Crippen LogP contribution in [0.5, 0.6) is 5.75 Å². The first-order valence-electron chi connectivity index (χ1n) is 7.01. The fourth-order valence-corrected chi connectivity index (χ4v) is 2.48. The van der Waals surface area contributed by atoms with Gasteiger partial charge in [-0.15, -0.1) is 0 Å². The molecule has 1 amide bonds. The molecule has 3 N–H and O–H groups in total. The van der Waals surface area contributed by atoms with E-state index < -0.39 is 0 Å². The molecule has 0 saturated heterocycles. The first-order valence-corrected chi connectivity index (χ1v) is 7.01. The van der Waals surface area contributed by atoms with Crippen molar-refractivity contribution in [1.82, 2.24) is 5.32 Å². The molecule has 1 aliphatic heterocycles. The van der Waals surface area contributed by atoms with Gasteiger partial charge in [-0.2, -0.15) is 0 Å². The molecule has 2 aliphatic rings. The molecule has 1 aliphatic carbocycles. The van der Waals surface area contributed by atoms with Crippen LogP contribution < -0.4 is 15.8 Å². The molecular formula is C15H20N2O2. The van der Waals surface area contributed by atoms with E-state index in [9.17, 15) is 4.79 Å². The van der Waals surface area contributed by atoms with Gasteiger partial charge in [-0.1, -0.05) is 12.1 Å². The fourth-order valence-electron chi connectivity index (χ4n) is 2.48. The van der Waals surface area contributed by atoms with Crippen molar-refractivity contribution >= 4 is 5.91 Å². The van der Waals surface area contributed by atoms with Crippen LogP contribution in [0.4, 0.5) is 0 Å². The van der Waals surface area contributed by atoms with Crippen LogP contribution in [0.25, 0.3) is 0 Å². The van der Waals surface area contributed by atoms with Gasteiger partial charge in [-0.05, 0) is 36.5 Å². The van der Waals surface area contributed by atoms with Crippen molar-refractivity contribution in [3.63, 3.8) is 0 Å². The van der Waals surface area contributed by atoms with Gasteiger partial charge in [0.2, 0.25) is 5.91 Å². The van der Waals surface area contributed by atoms with Crippen LogP contribution in [0.2, 0.25) is 0 Å². The van der Waals surface area contributed by atoms with Gasteiger partial charge in [0.15, 0.2) is 0 Å². The maximum Gasteiger partial charge on any atom is 0.224 e. The summed E-state index contributed by atoms with van der Waals surface area (Å²) >= 11 is 0. The Balaban J connectivity index is 1.66. The lowest BCUT2D eigenvalue weighted by molar-refractivity contribution is -0.124. The van der Waals surface area contributed by atoms with Gasteiger partial charge in [0, 0.05) is 19.0 Å². The number of hydrogen-bond donors (Lipinski definition) is 2. The number of carbonyl (C=O) groups is 1. The smallest absolute Gasteiger partial charge is 0.224 e. The number of amides is 1. The highest BCUT2D eigenvalue weighted by Gasteiger charge is 2.27. The fraction of sp³-hybridized carbons (Fsp3) is 0.533. The summed E-state index contributed by atoms with van der Waals surface area (Å²) in [4.78, 5) is 12.0. The van der Waals surface area contributed by atoms with Crippen LogP contribution in [-0.4, -0.2) is 25.1 Å². The first-order chi connectivity index (χ1) is 9.26. The molecule has 0 spiro atoms. The molecule has 102 valence electrons. The van der Waals surface area contributed by atoms with E-state index in [1.165, 1.54) is 11.1 Å². The second-order valence-electron chi connectivity index (χ2n) is 5.46. The molecule has 0 aromatic heterocycles. The minimum Gasteiger partial charge on any atom is -0.493 e. The number of ether oxygens (including phenoxy) is 1. The predicted molar refractivity (Wildman–Crippen MR) is 73.1 cm³/mol. The molecule has 1 unspecified atom stereocenters. The van der Waals surface area contributed by atoms with Crippen molar-refractivity contribution in [3.8, 4) is 5.75 Å². The van der Waals surface area contributed by atoms with Crippen LogP contribution in [0.15, 0.2) is 18.2 Å².